The highest BCUT2D eigenvalue weighted by molar-refractivity contribution is 9.11. The van der Waals surface area contributed by atoms with Crippen molar-refractivity contribution in [3.63, 3.8) is 0 Å². The Morgan fingerprint density at radius 2 is 2.32 bits per heavy atom. The van der Waals surface area contributed by atoms with Crippen molar-refractivity contribution in [1.29, 1.82) is 0 Å². The smallest absolute Gasteiger partial charge is 0.191 e. The summed E-state index contributed by atoms with van der Waals surface area (Å²) < 4.78 is 3.14. The van der Waals surface area contributed by atoms with Crippen LogP contribution in [-0.2, 0) is 0 Å². The maximum atomic E-state index is 12.0. The first-order chi connectivity index (χ1) is 9.15. The fraction of sp³-hybridized carbons (Fsp3) is 0.417. The van der Waals surface area contributed by atoms with Crippen LogP contribution in [0.1, 0.15) is 34.4 Å². The van der Waals surface area contributed by atoms with Crippen molar-refractivity contribution in [1.82, 2.24) is 14.8 Å². The number of hydrogen-bond acceptors (Lipinski definition) is 5. The number of rotatable bonds is 5. The number of Topliss-reactive ketones (excluding diaryl/α,β-unsaturated/α-hetero) is 1. The van der Waals surface area contributed by atoms with Crippen LogP contribution >= 0.6 is 39.0 Å². The molecule has 0 unspecified atom stereocenters. The van der Waals surface area contributed by atoms with E-state index in [1.807, 2.05) is 19.1 Å². The van der Waals surface area contributed by atoms with Crippen LogP contribution in [0.2, 0.25) is 0 Å². The molecule has 0 aromatic carbocycles. The molecule has 1 aliphatic rings. The first-order valence-corrected chi connectivity index (χ1v) is 8.57. The standard InChI is InChI=1S/C12H12BrN3OS2/c1-7-14-15-12(16(7)8-2-3-8)18-6-9(17)10-4-5-11(13)19-10/h4-5,8H,2-3,6H2,1H3. The predicted molar refractivity (Wildman–Crippen MR) is 80.1 cm³/mol. The zero-order valence-corrected chi connectivity index (χ0v) is 13.5. The molecule has 0 aliphatic heterocycles. The number of aromatic nitrogens is 3. The summed E-state index contributed by atoms with van der Waals surface area (Å²) in [7, 11) is 0. The molecular weight excluding hydrogens is 346 g/mol. The number of carbonyl (C=O) groups excluding carboxylic acids is 1. The van der Waals surface area contributed by atoms with E-state index < -0.39 is 0 Å². The highest BCUT2D eigenvalue weighted by Crippen LogP contribution is 2.38. The monoisotopic (exact) mass is 357 g/mol. The van der Waals surface area contributed by atoms with Gasteiger partial charge in [0.2, 0.25) is 0 Å². The van der Waals surface area contributed by atoms with Gasteiger partial charge in [0.05, 0.1) is 14.4 Å². The van der Waals surface area contributed by atoms with Gasteiger partial charge in [0.1, 0.15) is 5.82 Å². The van der Waals surface area contributed by atoms with E-state index in [0.29, 0.717) is 11.8 Å². The second-order valence-corrected chi connectivity index (χ2v) is 7.85. The van der Waals surface area contributed by atoms with Crippen molar-refractivity contribution in [2.45, 2.75) is 31.0 Å². The number of ketones is 1. The van der Waals surface area contributed by atoms with Gasteiger partial charge >= 0.3 is 0 Å². The molecule has 1 fully saturated rings. The second-order valence-electron chi connectivity index (χ2n) is 4.45. The number of thioether (sulfide) groups is 1. The highest BCUT2D eigenvalue weighted by Gasteiger charge is 2.28. The SMILES string of the molecule is Cc1nnc(SCC(=O)c2ccc(Br)s2)n1C1CC1. The first-order valence-electron chi connectivity index (χ1n) is 5.98. The second kappa shape index (κ2) is 5.38. The van der Waals surface area contributed by atoms with Gasteiger partial charge in [-0.25, -0.2) is 0 Å². The number of nitrogens with zero attached hydrogens (tertiary/aromatic N) is 3. The van der Waals surface area contributed by atoms with Crippen molar-refractivity contribution in [2.75, 3.05) is 5.75 Å². The lowest BCUT2D eigenvalue weighted by Crippen LogP contribution is -2.03. The van der Waals surface area contributed by atoms with E-state index in [2.05, 4.69) is 30.7 Å². The number of aryl methyl sites for hydroxylation is 1. The van der Waals surface area contributed by atoms with Gasteiger partial charge in [-0.15, -0.1) is 21.5 Å². The molecule has 19 heavy (non-hydrogen) atoms. The first kappa shape index (κ1) is 13.3. The molecule has 0 saturated heterocycles. The lowest BCUT2D eigenvalue weighted by Gasteiger charge is -2.05. The molecule has 0 atom stereocenters. The van der Waals surface area contributed by atoms with Crippen LogP contribution in [-0.4, -0.2) is 26.3 Å². The minimum atomic E-state index is 0.142. The summed E-state index contributed by atoms with van der Waals surface area (Å²) in [4.78, 5) is 12.8. The van der Waals surface area contributed by atoms with Crippen molar-refractivity contribution >= 4 is 44.8 Å². The molecule has 0 N–H and O–H groups in total. The molecule has 2 aromatic heterocycles. The number of thiophene rings is 1. The minimum Gasteiger partial charge on any atom is -0.303 e. The Labute approximate surface area is 127 Å². The number of carbonyl (C=O) groups is 1. The van der Waals surface area contributed by atoms with E-state index >= 15 is 0 Å². The Bertz CT molecular complexity index is 618. The maximum absolute atomic E-state index is 12.0. The summed E-state index contributed by atoms with van der Waals surface area (Å²) in [6, 6.07) is 4.30. The molecule has 0 amide bonds. The molecule has 100 valence electrons. The predicted octanol–water partition coefficient (Wildman–Crippen LogP) is 3.72. The topological polar surface area (TPSA) is 47.8 Å². The molecule has 0 radical (unpaired) electrons. The molecule has 7 heteroatoms. The zero-order valence-electron chi connectivity index (χ0n) is 10.3. The van der Waals surface area contributed by atoms with Crippen LogP contribution in [0, 0.1) is 6.92 Å². The third-order valence-electron chi connectivity index (χ3n) is 2.93. The number of hydrogen-bond donors (Lipinski definition) is 0. The van der Waals surface area contributed by atoms with Gasteiger partial charge in [-0.1, -0.05) is 11.8 Å². The Kier molecular flexibility index (Phi) is 3.77. The van der Waals surface area contributed by atoms with Gasteiger partial charge in [0.25, 0.3) is 0 Å². The lowest BCUT2D eigenvalue weighted by molar-refractivity contribution is 0.102. The Morgan fingerprint density at radius 1 is 1.53 bits per heavy atom. The average molecular weight is 358 g/mol. The van der Waals surface area contributed by atoms with E-state index in [1.54, 1.807) is 0 Å². The molecule has 1 saturated carbocycles. The van der Waals surface area contributed by atoms with E-state index in [-0.39, 0.29) is 5.78 Å². The zero-order chi connectivity index (χ0) is 13.4. The van der Waals surface area contributed by atoms with Crippen LogP contribution in [0.4, 0.5) is 0 Å². The summed E-state index contributed by atoms with van der Waals surface area (Å²) >= 11 is 6.32. The lowest BCUT2D eigenvalue weighted by atomic mass is 10.4. The van der Waals surface area contributed by atoms with E-state index in [9.17, 15) is 4.79 Å². The Hall–Kier alpha value is -0.660. The quantitative estimate of drug-likeness (QED) is 0.604. The molecular formula is C12H12BrN3OS2. The third-order valence-corrected chi connectivity index (χ3v) is 5.54. The highest BCUT2D eigenvalue weighted by atomic mass is 79.9. The molecule has 3 rings (SSSR count). The van der Waals surface area contributed by atoms with Gasteiger partial charge in [-0.3, -0.25) is 4.79 Å². The van der Waals surface area contributed by atoms with E-state index in [1.165, 1.54) is 35.9 Å². The van der Waals surface area contributed by atoms with Crippen molar-refractivity contribution in [2.24, 2.45) is 0 Å². The molecule has 0 bridgehead atoms. The summed E-state index contributed by atoms with van der Waals surface area (Å²) in [5.74, 6) is 1.50. The van der Waals surface area contributed by atoms with E-state index in [0.717, 1.165) is 19.6 Å². The minimum absolute atomic E-state index is 0.142. The molecule has 2 aromatic rings. The van der Waals surface area contributed by atoms with Crippen molar-refractivity contribution < 1.29 is 4.79 Å². The van der Waals surface area contributed by atoms with Gasteiger partial charge < -0.3 is 4.57 Å². The van der Waals surface area contributed by atoms with Crippen LogP contribution in [0.3, 0.4) is 0 Å². The van der Waals surface area contributed by atoms with Gasteiger partial charge in [-0.05, 0) is 47.8 Å². The van der Waals surface area contributed by atoms with Crippen molar-refractivity contribution in [3.8, 4) is 0 Å². The van der Waals surface area contributed by atoms with Gasteiger partial charge in [0.15, 0.2) is 10.9 Å². The number of halogens is 1. The molecule has 2 heterocycles. The van der Waals surface area contributed by atoms with Crippen LogP contribution < -0.4 is 0 Å². The van der Waals surface area contributed by atoms with Crippen LogP contribution in [0.25, 0.3) is 0 Å². The normalized spacial score (nSPS) is 14.8. The fourth-order valence-corrected chi connectivity index (χ4v) is 4.22. The summed E-state index contributed by atoms with van der Waals surface area (Å²) in [5, 5.41) is 9.14. The third kappa shape index (κ3) is 2.93. The van der Waals surface area contributed by atoms with Crippen LogP contribution in [0.15, 0.2) is 21.1 Å². The summed E-state index contributed by atoms with van der Waals surface area (Å²) in [6.07, 6.45) is 2.39. The van der Waals surface area contributed by atoms with Gasteiger partial charge in [-0.2, -0.15) is 0 Å². The fourth-order valence-electron chi connectivity index (χ4n) is 1.87. The Morgan fingerprint density at radius 3 is 2.95 bits per heavy atom. The Balaban J connectivity index is 1.68. The molecule has 0 spiro atoms. The van der Waals surface area contributed by atoms with Crippen LogP contribution in [0.5, 0.6) is 0 Å². The summed E-state index contributed by atoms with van der Waals surface area (Å²) in [5.41, 5.74) is 0. The summed E-state index contributed by atoms with van der Waals surface area (Å²) in [6.45, 7) is 1.97. The largest absolute Gasteiger partial charge is 0.303 e. The van der Waals surface area contributed by atoms with E-state index in [4.69, 9.17) is 0 Å². The average Bonchev–Trinajstić information content (AvgIpc) is 3.02. The van der Waals surface area contributed by atoms with Gasteiger partial charge in [0, 0.05) is 6.04 Å². The maximum Gasteiger partial charge on any atom is 0.191 e. The van der Waals surface area contributed by atoms with Crippen molar-refractivity contribution in [3.05, 3.63) is 26.6 Å². The molecule has 4 nitrogen and oxygen atoms in total. The molecule has 1 aliphatic carbocycles.